The summed E-state index contributed by atoms with van der Waals surface area (Å²) in [5.41, 5.74) is 1.38. The molecule has 3 nitrogen and oxygen atoms in total. The van der Waals surface area contributed by atoms with Gasteiger partial charge >= 0.3 is 5.97 Å². The van der Waals surface area contributed by atoms with Gasteiger partial charge in [-0.1, -0.05) is 59.6 Å². The summed E-state index contributed by atoms with van der Waals surface area (Å²) in [4.78, 5) is 11.2. The van der Waals surface area contributed by atoms with Crippen LogP contribution in [0.15, 0.2) is 48.5 Å². The molecule has 2 rings (SSSR count). The Balaban J connectivity index is 2.49. The number of benzene rings is 2. The largest absolute Gasteiger partial charge is 0.481 e. The number of hydrogen-bond acceptors (Lipinski definition) is 2. The Kier molecular flexibility index (Phi) is 5.43. The molecule has 0 aliphatic carbocycles. The summed E-state index contributed by atoms with van der Waals surface area (Å²) in [5, 5.41) is 19.6. The molecule has 0 saturated carbocycles. The van der Waals surface area contributed by atoms with Crippen LogP contribution in [0.1, 0.15) is 29.4 Å². The van der Waals surface area contributed by atoms with E-state index < -0.39 is 17.8 Å². The van der Waals surface area contributed by atoms with E-state index in [0.717, 1.165) is 5.56 Å². The van der Waals surface area contributed by atoms with Gasteiger partial charge in [-0.3, -0.25) is 4.79 Å². The summed E-state index contributed by atoms with van der Waals surface area (Å²) in [5.74, 6) is -2.13. The maximum absolute atomic E-state index is 11.2. The average Bonchev–Trinajstić information content (AvgIpc) is 2.48. The first-order valence-corrected chi connectivity index (χ1v) is 7.40. The number of nitriles is 1. The van der Waals surface area contributed by atoms with Gasteiger partial charge in [0.1, 0.15) is 0 Å². The third-order valence-corrected chi connectivity index (χ3v) is 4.02. The van der Waals surface area contributed by atoms with Crippen LogP contribution in [-0.4, -0.2) is 11.1 Å². The number of nitrogens with zero attached hydrogens (tertiary/aromatic N) is 1. The van der Waals surface area contributed by atoms with Crippen molar-refractivity contribution in [2.75, 3.05) is 0 Å². The van der Waals surface area contributed by atoms with Gasteiger partial charge in [0, 0.05) is 16.0 Å². The lowest BCUT2D eigenvalue weighted by atomic mass is 9.80. The molecule has 0 saturated heterocycles. The number of carboxylic acid groups (broad SMARTS) is 1. The van der Waals surface area contributed by atoms with Gasteiger partial charge in [-0.25, -0.2) is 0 Å². The maximum atomic E-state index is 11.2. The monoisotopic (exact) mass is 333 g/mol. The second-order valence-corrected chi connectivity index (χ2v) is 5.73. The molecular formula is C17H13Cl2NO2. The minimum atomic E-state index is -0.979. The molecule has 2 aromatic rings. The normalized spacial score (nSPS) is 13.1. The van der Waals surface area contributed by atoms with Crippen molar-refractivity contribution in [3.8, 4) is 6.07 Å². The van der Waals surface area contributed by atoms with Gasteiger partial charge in [0.05, 0.1) is 18.4 Å². The summed E-state index contributed by atoms with van der Waals surface area (Å²) >= 11 is 12.1. The van der Waals surface area contributed by atoms with E-state index in [1.807, 2.05) is 30.3 Å². The zero-order chi connectivity index (χ0) is 16.1. The molecule has 0 bridgehead atoms. The van der Waals surface area contributed by atoms with Gasteiger partial charge in [-0.15, -0.1) is 0 Å². The van der Waals surface area contributed by atoms with Crippen molar-refractivity contribution in [1.29, 1.82) is 5.26 Å². The SMILES string of the molecule is N#CC(c1ccccc1)C(CC(=O)O)c1ccc(Cl)cc1Cl. The minimum Gasteiger partial charge on any atom is -0.481 e. The summed E-state index contributed by atoms with van der Waals surface area (Å²) in [6, 6.07) is 16.2. The van der Waals surface area contributed by atoms with Crippen LogP contribution >= 0.6 is 23.2 Å². The van der Waals surface area contributed by atoms with Crippen molar-refractivity contribution in [2.24, 2.45) is 0 Å². The molecule has 0 radical (unpaired) electrons. The molecule has 0 aromatic heterocycles. The van der Waals surface area contributed by atoms with E-state index in [9.17, 15) is 15.2 Å². The Hall–Kier alpha value is -2.02. The number of carboxylic acids is 1. The van der Waals surface area contributed by atoms with Crippen LogP contribution in [0.5, 0.6) is 0 Å². The van der Waals surface area contributed by atoms with Gasteiger partial charge in [-0.05, 0) is 23.3 Å². The average molecular weight is 334 g/mol. The van der Waals surface area contributed by atoms with Gasteiger partial charge in [-0.2, -0.15) is 5.26 Å². The number of rotatable bonds is 5. The fraction of sp³-hybridized carbons (Fsp3) is 0.176. The van der Waals surface area contributed by atoms with Gasteiger partial charge in [0.25, 0.3) is 0 Å². The van der Waals surface area contributed by atoms with Crippen LogP contribution < -0.4 is 0 Å². The van der Waals surface area contributed by atoms with Crippen molar-refractivity contribution in [1.82, 2.24) is 0 Å². The van der Waals surface area contributed by atoms with Crippen molar-refractivity contribution in [3.63, 3.8) is 0 Å². The molecule has 0 spiro atoms. The molecule has 2 unspecified atom stereocenters. The highest BCUT2D eigenvalue weighted by molar-refractivity contribution is 6.35. The van der Waals surface area contributed by atoms with Crippen LogP contribution in [0.2, 0.25) is 10.0 Å². The molecule has 0 fully saturated rings. The first kappa shape index (κ1) is 16.4. The van der Waals surface area contributed by atoms with Crippen LogP contribution in [0.4, 0.5) is 0 Å². The second-order valence-electron chi connectivity index (χ2n) is 4.89. The molecule has 22 heavy (non-hydrogen) atoms. The molecule has 0 aliphatic heterocycles. The topological polar surface area (TPSA) is 61.1 Å². The lowest BCUT2D eigenvalue weighted by Gasteiger charge is -2.22. The minimum absolute atomic E-state index is 0.186. The van der Waals surface area contributed by atoms with E-state index in [0.29, 0.717) is 15.6 Å². The fourth-order valence-corrected chi connectivity index (χ4v) is 3.00. The van der Waals surface area contributed by atoms with Crippen LogP contribution in [-0.2, 0) is 4.79 Å². The summed E-state index contributed by atoms with van der Waals surface area (Å²) in [7, 11) is 0. The Labute approximate surface area is 138 Å². The van der Waals surface area contributed by atoms with E-state index in [1.54, 1.807) is 18.2 Å². The van der Waals surface area contributed by atoms with Crippen molar-refractivity contribution in [2.45, 2.75) is 18.3 Å². The van der Waals surface area contributed by atoms with Crippen LogP contribution in [0.25, 0.3) is 0 Å². The Bertz CT molecular complexity index is 710. The molecule has 0 amide bonds. The molecule has 5 heteroatoms. The quantitative estimate of drug-likeness (QED) is 0.849. The smallest absolute Gasteiger partial charge is 0.304 e. The third-order valence-electron chi connectivity index (χ3n) is 3.46. The molecule has 1 N–H and O–H groups in total. The predicted molar refractivity (Wildman–Crippen MR) is 86.3 cm³/mol. The highest BCUT2D eigenvalue weighted by atomic mass is 35.5. The number of halogens is 2. The van der Waals surface area contributed by atoms with Crippen LogP contribution in [0.3, 0.4) is 0 Å². The van der Waals surface area contributed by atoms with E-state index >= 15 is 0 Å². The lowest BCUT2D eigenvalue weighted by molar-refractivity contribution is -0.137. The zero-order valence-corrected chi connectivity index (χ0v) is 13.1. The molecular weight excluding hydrogens is 321 g/mol. The molecule has 0 heterocycles. The highest BCUT2D eigenvalue weighted by Gasteiger charge is 2.28. The van der Waals surface area contributed by atoms with Gasteiger partial charge in [0.2, 0.25) is 0 Å². The van der Waals surface area contributed by atoms with Crippen molar-refractivity contribution >= 4 is 29.2 Å². The summed E-state index contributed by atoms with van der Waals surface area (Å²) in [6.45, 7) is 0. The van der Waals surface area contributed by atoms with Gasteiger partial charge in [0.15, 0.2) is 0 Å². The molecule has 2 aromatic carbocycles. The van der Waals surface area contributed by atoms with E-state index in [2.05, 4.69) is 6.07 Å². The van der Waals surface area contributed by atoms with Gasteiger partial charge < -0.3 is 5.11 Å². The number of carbonyl (C=O) groups is 1. The second kappa shape index (κ2) is 7.31. The summed E-state index contributed by atoms with van der Waals surface area (Å²) in [6.07, 6.45) is -0.186. The standard InChI is InChI=1S/C17H13Cl2NO2/c18-12-6-7-13(16(19)8-12)14(9-17(21)22)15(10-20)11-4-2-1-3-5-11/h1-8,14-15H,9H2,(H,21,22). The zero-order valence-electron chi connectivity index (χ0n) is 11.5. The number of aliphatic carboxylic acids is 1. The van der Waals surface area contributed by atoms with E-state index in [1.165, 1.54) is 0 Å². The first-order chi connectivity index (χ1) is 10.5. The van der Waals surface area contributed by atoms with E-state index in [4.69, 9.17) is 23.2 Å². The Morgan fingerprint density at radius 2 is 1.86 bits per heavy atom. The number of hydrogen-bond donors (Lipinski definition) is 1. The van der Waals surface area contributed by atoms with Crippen molar-refractivity contribution in [3.05, 3.63) is 69.7 Å². The Morgan fingerprint density at radius 3 is 2.41 bits per heavy atom. The van der Waals surface area contributed by atoms with E-state index in [-0.39, 0.29) is 6.42 Å². The maximum Gasteiger partial charge on any atom is 0.304 e. The first-order valence-electron chi connectivity index (χ1n) is 6.64. The molecule has 112 valence electrons. The fourth-order valence-electron chi connectivity index (χ4n) is 2.45. The third kappa shape index (κ3) is 3.79. The highest BCUT2D eigenvalue weighted by Crippen LogP contribution is 2.39. The Morgan fingerprint density at radius 1 is 1.18 bits per heavy atom. The van der Waals surface area contributed by atoms with Crippen LogP contribution in [0, 0.1) is 11.3 Å². The molecule has 2 atom stereocenters. The lowest BCUT2D eigenvalue weighted by Crippen LogP contribution is -2.15. The summed E-state index contributed by atoms with van der Waals surface area (Å²) < 4.78 is 0. The molecule has 0 aliphatic rings. The van der Waals surface area contributed by atoms with Crippen molar-refractivity contribution < 1.29 is 9.90 Å². The predicted octanol–water partition coefficient (Wildman–Crippen LogP) is 4.86.